The van der Waals surface area contributed by atoms with E-state index in [4.69, 9.17) is 4.74 Å². The number of amides is 2. The Hall–Kier alpha value is -2.12. The molecule has 0 radical (unpaired) electrons. The number of ether oxygens (including phenoxy) is 1. The van der Waals surface area contributed by atoms with Crippen LogP contribution in [0.3, 0.4) is 0 Å². The number of anilines is 1. The van der Waals surface area contributed by atoms with E-state index in [0.717, 1.165) is 0 Å². The van der Waals surface area contributed by atoms with Crippen LogP contribution in [0, 0.1) is 5.92 Å². The van der Waals surface area contributed by atoms with Gasteiger partial charge in [-0.3, -0.25) is 14.9 Å². The molecule has 1 aromatic rings. The summed E-state index contributed by atoms with van der Waals surface area (Å²) in [5.74, 6) is -0.331. The van der Waals surface area contributed by atoms with Crippen LogP contribution in [0.5, 0.6) is 6.01 Å². The Labute approximate surface area is 110 Å². The summed E-state index contributed by atoms with van der Waals surface area (Å²) in [7, 11) is 0. The molecule has 1 aliphatic rings. The van der Waals surface area contributed by atoms with Gasteiger partial charge in [0.15, 0.2) is 0 Å². The van der Waals surface area contributed by atoms with Gasteiger partial charge >= 0.3 is 6.01 Å². The maximum Gasteiger partial charge on any atom is 0.337 e. The van der Waals surface area contributed by atoms with Crippen molar-refractivity contribution in [2.75, 3.05) is 25.0 Å². The normalized spacial score (nSPS) is 18.7. The fraction of sp³-hybridized carbons (Fsp3) is 0.636. The predicted octanol–water partition coefficient (Wildman–Crippen LogP) is 0.0103. The highest BCUT2D eigenvalue weighted by molar-refractivity contribution is 5.96. The summed E-state index contributed by atoms with van der Waals surface area (Å²) >= 11 is 0. The van der Waals surface area contributed by atoms with E-state index in [1.54, 1.807) is 4.90 Å². The highest BCUT2D eigenvalue weighted by atomic mass is 16.5. The molecule has 1 fully saturated rings. The van der Waals surface area contributed by atoms with E-state index >= 15 is 0 Å². The fourth-order valence-electron chi connectivity index (χ4n) is 1.97. The second-order valence-corrected chi connectivity index (χ2v) is 4.22. The number of rotatable bonds is 5. The molecule has 1 atom stereocenters. The second-order valence-electron chi connectivity index (χ2n) is 4.22. The van der Waals surface area contributed by atoms with Crippen LogP contribution in [0.4, 0.5) is 5.95 Å². The van der Waals surface area contributed by atoms with Crippen molar-refractivity contribution in [2.45, 2.75) is 20.3 Å². The molecule has 0 bridgehead atoms. The monoisotopic (exact) mass is 267 g/mol. The molecule has 0 spiro atoms. The summed E-state index contributed by atoms with van der Waals surface area (Å²) in [6, 6.07) is 0.190. The van der Waals surface area contributed by atoms with Gasteiger partial charge < -0.3 is 9.64 Å². The molecule has 8 heteroatoms. The number of likely N-dealkylation sites (tertiary alicyclic amines) is 1. The lowest BCUT2D eigenvalue weighted by atomic mass is 10.1. The number of nitrogens with one attached hydrogen (secondary N) is 2. The molecule has 2 amide bonds. The topological polar surface area (TPSA) is 100 Å². The Morgan fingerprint density at radius 2 is 2.37 bits per heavy atom. The highest BCUT2D eigenvalue weighted by Gasteiger charge is 2.33. The lowest BCUT2D eigenvalue weighted by Crippen LogP contribution is -2.28. The zero-order chi connectivity index (χ0) is 13.8. The summed E-state index contributed by atoms with van der Waals surface area (Å²) in [5.41, 5.74) is 0. The number of hydrogen-bond donors (Lipinski definition) is 2. The zero-order valence-corrected chi connectivity index (χ0v) is 11.0. The van der Waals surface area contributed by atoms with E-state index in [9.17, 15) is 9.59 Å². The molecule has 1 aliphatic heterocycles. The number of aromatic amines is 1. The summed E-state index contributed by atoms with van der Waals surface area (Å²) in [6.45, 7) is 5.24. The van der Waals surface area contributed by atoms with Crippen molar-refractivity contribution < 1.29 is 14.3 Å². The molecule has 1 saturated heterocycles. The molecule has 2 rings (SSSR count). The fourth-order valence-corrected chi connectivity index (χ4v) is 1.97. The van der Waals surface area contributed by atoms with Crippen LogP contribution < -0.4 is 10.1 Å². The van der Waals surface area contributed by atoms with E-state index < -0.39 is 0 Å². The van der Waals surface area contributed by atoms with Crippen LogP contribution in [-0.2, 0) is 9.59 Å². The average molecular weight is 267 g/mol. The van der Waals surface area contributed by atoms with Crippen molar-refractivity contribution in [1.29, 1.82) is 0 Å². The molecular formula is C11H17N5O3. The van der Waals surface area contributed by atoms with E-state index in [1.165, 1.54) is 0 Å². The number of hydrogen-bond acceptors (Lipinski definition) is 5. The molecule has 0 aliphatic carbocycles. The van der Waals surface area contributed by atoms with Crippen LogP contribution >= 0.6 is 0 Å². The number of aromatic nitrogens is 3. The van der Waals surface area contributed by atoms with E-state index in [0.29, 0.717) is 19.7 Å². The van der Waals surface area contributed by atoms with E-state index in [2.05, 4.69) is 20.5 Å². The van der Waals surface area contributed by atoms with Crippen LogP contribution in [0.2, 0.25) is 0 Å². The third-order valence-corrected chi connectivity index (χ3v) is 2.95. The quantitative estimate of drug-likeness (QED) is 0.782. The molecule has 2 heterocycles. The van der Waals surface area contributed by atoms with Gasteiger partial charge in [0, 0.05) is 19.5 Å². The standard InChI is InChI=1S/C11H17N5O3/c1-3-16-6-7(5-8(16)17)9(18)12-10-13-11(15-14-10)19-4-2/h7H,3-6H2,1-2H3,(H2,12,13,14,15,18). The minimum absolute atomic E-state index is 0.00947. The largest absolute Gasteiger partial charge is 0.463 e. The first-order valence-corrected chi connectivity index (χ1v) is 6.27. The Kier molecular flexibility index (Phi) is 3.98. The summed E-state index contributed by atoms with van der Waals surface area (Å²) < 4.78 is 5.08. The van der Waals surface area contributed by atoms with Gasteiger partial charge in [0.1, 0.15) is 0 Å². The highest BCUT2D eigenvalue weighted by Crippen LogP contribution is 2.19. The second kappa shape index (κ2) is 5.68. The van der Waals surface area contributed by atoms with E-state index in [-0.39, 0.29) is 36.1 Å². The smallest absolute Gasteiger partial charge is 0.337 e. The van der Waals surface area contributed by atoms with Gasteiger partial charge in [-0.1, -0.05) is 0 Å². The zero-order valence-electron chi connectivity index (χ0n) is 11.0. The molecule has 0 saturated carbocycles. The Morgan fingerprint density at radius 3 is 3.00 bits per heavy atom. The number of H-pyrrole nitrogens is 1. The minimum atomic E-state index is -0.340. The van der Waals surface area contributed by atoms with Gasteiger partial charge in [-0.2, -0.15) is 4.98 Å². The Balaban J connectivity index is 1.92. The lowest BCUT2D eigenvalue weighted by Gasteiger charge is -2.12. The first kappa shape index (κ1) is 13.3. The molecule has 2 N–H and O–H groups in total. The third-order valence-electron chi connectivity index (χ3n) is 2.95. The lowest BCUT2D eigenvalue weighted by molar-refractivity contribution is -0.128. The van der Waals surface area contributed by atoms with Crippen LogP contribution in [-0.4, -0.2) is 51.6 Å². The van der Waals surface area contributed by atoms with Crippen molar-refractivity contribution in [1.82, 2.24) is 20.1 Å². The van der Waals surface area contributed by atoms with Gasteiger partial charge in [-0.05, 0) is 13.8 Å². The van der Waals surface area contributed by atoms with Crippen LogP contribution in [0.1, 0.15) is 20.3 Å². The van der Waals surface area contributed by atoms with Crippen molar-refractivity contribution in [2.24, 2.45) is 5.92 Å². The van der Waals surface area contributed by atoms with Gasteiger partial charge in [-0.15, -0.1) is 5.10 Å². The van der Waals surface area contributed by atoms with E-state index in [1.807, 2.05) is 13.8 Å². The maximum absolute atomic E-state index is 12.0. The van der Waals surface area contributed by atoms with Crippen molar-refractivity contribution in [3.05, 3.63) is 0 Å². The third kappa shape index (κ3) is 3.01. The van der Waals surface area contributed by atoms with Crippen molar-refractivity contribution >= 4 is 17.8 Å². The average Bonchev–Trinajstić information content (AvgIpc) is 2.96. The minimum Gasteiger partial charge on any atom is -0.463 e. The predicted molar refractivity (Wildman–Crippen MR) is 66.5 cm³/mol. The summed E-state index contributed by atoms with van der Waals surface area (Å²) in [4.78, 5) is 29.1. The molecule has 1 unspecified atom stereocenters. The van der Waals surface area contributed by atoms with Crippen LogP contribution in [0.15, 0.2) is 0 Å². The van der Waals surface area contributed by atoms with Gasteiger partial charge in [0.2, 0.25) is 17.8 Å². The molecular weight excluding hydrogens is 250 g/mol. The summed E-state index contributed by atoms with van der Waals surface area (Å²) in [6.07, 6.45) is 0.242. The first-order chi connectivity index (χ1) is 9.13. The summed E-state index contributed by atoms with van der Waals surface area (Å²) in [5, 5.41) is 8.95. The number of carbonyl (C=O) groups excluding carboxylic acids is 2. The van der Waals surface area contributed by atoms with Crippen molar-refractivity contribution in [3.8, 4) is 6.01 Å². The molecule has 0 aromatic carbocycles. The van der Waals surface area contributed by atoms with Crippen molar-refractivity contribution in [3.63, 3.8) is 0 Å². The molecule has 19 heavy (non-hydrogen) atoms. The molecule has 8 nitrogen and oxygen atoms in total. The molecule has 1 aromatic heterocycles. The molecule has 104 valence electrons. The van der Waals surface area contributed by atoms with Gasteiger partial charge in [0.25, 0.3) is 0 Å². The number of nitrogens with zero attached hydrogens (tertiary/aromatic N) is 3. The van der Waals surface area contributed by atoms with Gasteiger partial charge in [0.05, 0.1) is 12.5 Å². The Bertz CT molecular complexity index is 473. The number of carbonyl (C=O) groups is 2. The first-order valence-electron chi connectivity index (χ1n) is 6.27. The Morgan fingerprint density at radius 1 is 1.58 bits per heavy atom. The van der Waals surface area contributed by atoms with Crippen LogP contribution in [0.25, 0.3) is 0 Å². The SMILES string of the molecule is CCOc1n[nH]c(NC(=O)C2CC(=O)N(CC)C2)n1. The van der Waals surface area contributed by atoms with Gasteiger partial charge in [-0.25, -0.2) is 5.10 Å². The maximum atomic E-state index is 12.0.